The number of para-hydroxylation sites is 1. The monoisotopic (exact) mass is 1020 g/mol. The molecule has 4 rings (SSSR count). The van der Waals surface area contributed by atoms with Crippen molar-refractivity contribution in [1.29, 1.82) is 0 Å². The van der Waals surface area contributed by atoms with Crippen molar-refractivity contribution in [2.24, 2.45) is 5.73 Å². The van der Waals surface area contributed by atoms with E-state index in [9.17, 15) is 58.2 Å². The first-order valence-corrected chi connectivity index (χ1v) is 25.1. The fraction of sp³-hybridized carbons (Fsp3) is 0.375. The zero-order chi connectivity index (χ0) is 52.0. The molecule has 0 bridgehead atoms. The lowest BCUT2D eigenvalue weighted by molar-refractivity contribution is -0.141. The van der Waals surface area contributed by atoms with Gasteiger partial charge in [-0.15, -0.1) is 0 Å². The Bertz CT molecular complexity index is 2530. The molecule has 0 fully saturated rings. The van der Waals surface area contributed by atoms with Crippen molar-refractivity contribution in [3.8, 4) is 0 Å². The quantitative estimate of drug-likeness (QED) is 0.0351. The second-order valence-corrected chi connectivity index (χ2v) is 18.3. The van der Waals surface area contributed by atoms with Gasteiger partial charge in [0.15, 0.2) is 0 Å². The lowest BCUT2D eigenvalue weighted by Gasteiger charge is -2.26. The Morgan fingerprint density at radius 3 is 1.66 bits per heavy atom. The Balaban J connectivity index is 1.51. The second kappa shape index (κ2) is 28.3. The van der Waals surface area contributed by atoms with Crippen molar-refractivity contribution >= 4 is 93.6 Å². The number of aromatic amines is 1. The average Bonchev–Trinajstić information content (AvgIpc) is 3.74. The van der Waals surface area contributed by atoms with Gasteiger partial charge < -0.3 is 58.1 Å². The van der Waals surface area contributed by atoms with E-state index in [0.717, 1.165) is 10.9 Å². The summed E-state index contributed by atoms with van der Waals surface area (Å²) >= 11 is 2.73. The molecule has 21 nitrogen and oxygen atoms in total. The van der Waals surface area contributed by atoms with Crippen LogP contribution in [-0.4, -0.2) is 141 Å². The first-order valence-electron chi connectivity index (χ1n) is 22.3. The Labute approximate surface area is 417 Å². The number of H-pyrrole nitrogens is 1. The third-order valence-corrected chi connectivity index (χ3v) is 12.2. The van der Waals surface area contributed by atoms with Crippen LogP contribution < -0.4 is 43.0 Å². The van der Waals surface area contributed by atoms with Gasteiger partial charge in [-0.25, -0.2) is 4.79 Å². The molecule has 1 heterocycles. The van der Waals surface area contributed by atoms with E-state index in [4.69, 9.17) is 5.73 Å². The number of rotatable bonds is 29. The molecule has 71 heavy (non-hydrogen) atoms. The van der Waals surface area contributed by atoms with Crippen LogP contribution in [0.15, 0.2) is 85.1 Å². The molecule has 0 radical (unpaired) electrons. The smallest absolute Gasteiger partial charge is 0.335 e. The van der Waals surface area contributed by atoms with Crippen LogP contribution in [0.25, 0.3) is 10.9 Å². The van der Waals surface area contributed by atoms with Gasteiger partial charge in [-0.3, -0.25) is 43.2 Å². The van der Waals surface area contributed by atoms with Gasteiger partial charge in [-0.05, 0) is 71.7 Å². The van der Waals surface area contributed by atoms with Crippen LogP contribution in [0.1, 0.15) is 53.2 Å². The highest BCUT2D eigenvalue weighted by Crippen LogP contribution is 2.20. The summed E-state index contributed by atoms with van der Waals surface area (Å²) in [5.41, 5.74) is 8.13. The van der Waals surface area contributed by atoms with E-state index in [1.165, 1.54) is 54.7 Å². The third-order valence-electron chi connectivity index (χ3n) is 11.0. The number of hydrogen-bond acceptors (Lipinski definition) is 12. The minimum atomic E-state index is -1.70. The number of nitrogens with two attached hydrogens (primary N) is 1. The molecule has 0 aliphatic heterocycles. The van der Waals surface area contributed by atoms with Crippen LogP contribution in [-0.2, 0) is 62.4 Å². The van der Waals surface area contributed by atoms with Gasteiger partial charge in [0.2, 0.25) is 47.3 Å². The van der Waals surface area contributed by atoms with E-state index in [2.05, 4.69) is 42.2 Å². The average molecular weight is 1020 g/mol. The summed E-state index contributed by atoms with van der Waals surface area (Å²) < 4.78 is 0. The number of benzene rings is 3. The summed E-state index contributed by atoms with van der Waals surface area (Å²) in [6.45, 7) is 0.554. The van der Waals surface area contributed by atoms with Gasteiger partial charge in [-0.2, -0.15) is 23.5 Å². The number of aliphatic carboxylic acids is 1. The summed E-state index contributed by atoms with van der Waals surface area (Å²) in [6, 6.07) is 13.5. The molecule has 8 amide bonds. The molecule has 12 N–H and O–H groups in total. The van der Waals surface area contributed by atoms with E-state index in [-0.39, 0.29) is 37.7 Å². The number of carbonyl (C=O) groups excluding carboxylic acids is 8. The molecule has 380 valence electrons. The van der Waals surface area contributed by atoms with Crippen LogP contribution in [0, 0.1) is 0 Å². The second-order valence-electron chi connectivity index (χ2n) is 16.4. The number of aromatic nitrogens is 1. The molecule has 23 heteroatoms. The summed E-state index contributed by atoms with van der Waals surface area (Å²) in [6.07, 6.45) is 4.29. The number of carboxylic acid groups (broad SMARTS) is 2. The van der Waals surface area contributed by atoms with Crippen LogP contribution in [0.5, 0.6) is 0 Å². The topological polar surface area (TPSA) is 337 Å². The Kier molecular flexibility index (Phi) is 22.4. The molecular weight excluding hydrogens is 959 g/mol. The molecule has 0 aliphatic carbocycles. The summed E-state index contributed by atoms with van der Waals surface area (Å²) in [7, 11) is 0. The minimum Gasteiger partial charge on any atom is -0.481 e. The van der Waals surface area contributed by atoms with Crippen molar-refractivity contribution in [2.75, 3.05) is 30.6 Å². The number of primary amides is 1. The number of carbonyl (C=O) groups is 10. The normalized spacial score (nSPS) is 13.5. The van der Waals surface area contributed by atoms with E-state index in [1.807, 2.05) is 6.07 Å². The van der Waals surface area contributed by atoms with E-state index < -0.39 is 108 Å². The molecule has 0 unspecified atom stereocenters. The van der Waals surface area contributed by atoms with Gasteiger partial charge in [0.05, 0.1) is 18.5 Å². The molecule has 0 spiro atoms. The Hall–Kier alpha value is -7.40. The predicted molar refractivity (Wildman–Crippen MR) is 267 cm³/mol. The van der Waals surface area contributed by atoms with Gasteiger partial charge in [-0.1, -0.05) is 60.7 Å². The van der Waals surface area contributed by atoms with Crippen molar-refractivity contribution in [3.05, 3.63) is 107 Å². The maximum atomic E-state index is 14.3. The highest BCUT2D eigenvalue weighted by Gasteiger charge is 2.33. The lowest BCUT2D eigenvalue weighted by atomic mass is 10.0. The number of hydrogen-bond donors (Lipinski definition) is 11. The molecule has 3 aromatic carbocycles. The lowest BCUT2D eigenvalue weighted by Crippen LogP contribution is -2.59. The molecule has 4 aromatic rings. The number of aromatic carboxylic acids is 1. The molecule has 0 saturated carbocycles. The van der Waals surface area contributed by atoms with Gasteiger partial charge >= 0.3 is 11.9 Å². The summed E-state index contributed by atoms with van der Waals surface area (Å²) in [4.78, 5) is 133. The van der Waals surface area contributed by atoms with Gasteiger partial charge in [0.1, 0.15) is 36.3 Å². The van der Waals surface area contributed by atoms with Crippen molar-refractivity contribution in [1.82, 2.24) is 42.2 Å². The number of thioether (sulfide) groups is 2. The number of nitrogens with one attached hydrogen (secondary N) is 8. The SMILES string of the molecule is CSCC[C@H](NC(=O)[C@H](Cc1c[nH]c2ccccc12)NC(=O)CNC(=O)[C@H](CCSC)NC(=O)[C@@H](Cc1ccc(C(=O)O)cc1)NC(C)=O)C(=O)N[C@@H](CC(=O)O)C(=O)N[C@@H](Cc1ccccc1)C(N)=O. The maximum absolute atomic E-state index is 14.3. The van der Waals surface area contributed by atoms with E-state index >= 15 is 0 Å². The predicted octanol–water partition coefficient (Wildman–Crippen LogP) is 0.405. The summed E-state index contributed by atoms with van der Waals surface area (Å²) in [5, 5.41) is 37.5. The van der Waals surface area contributed by atoms with Crippen molar-refractivity contribution in [3.63, 3.8) is 0 Å². The van der Waals surface area contributed by atoms with Crippen LogP contribution >= 0.6 is 23.5 Å². The third kappa shape index (κ3) is 18.5. The maximum Gasteiger partial charge on any atom is 0.335 e. The molecule has 6 atom stereocenters. The Morgan fingerprint density at radius 2 is 1.08 bits per heavy atom. The van der Waals surface area contributed by atoms with Gasteiger partial charge in [0, 0.05) is 43.3 Å². The number of fused-ring (bicyclic) bond motifs is 1. The first kappa shape index (κ1) is 56.2. The number of amides is 8. The fourth-order valence-corrected chi connectivity index (χ4v) is 8.24. The van der Waals surface area contributed by atoms with Crippen molar-refractivity contribution < 1.29 is 58.2 Å². The highest BCUT2D eigenvalue weighted by molar-refractivity contribution is 7.98. The first-order chi connectivity index (χ1) is 33.9. The van der Waals surface area contributed by atoms with E-state index in [0.29, 0.717) is 28.2 Å². The van der Waals surface area contributed by atoms with Crippen molar-refractivity contribution in [2.45, 2.75) is 81.7 Å². The van der Waals surface area contributed by atoms with Gasteiger partial charge in [0.25, 0.3) is 0 Å². The molecule has 1 aromatic heterocycles. The molecule has 0 saturated heterocycles. The zero-order valence-electron chi connectivity index (χ0n) is 39.3. The standard InChI is InChI=1S/C48H59N9O12S2/c1-27(58)52-37(22-29-13-15-30(16-14-29)48(68)69)45(65)54-34(17-19-70-2)43(63)51-26-40(59)53-38(23-31-25-50-33-12-8-7-11-32(31)33)46(66)55-35(18-20-71-3)44(64)57-39(24-41(60)61)47(67)56-36(42(49)62)21-28-9-5-4-6-10-28/h4-16,25,34-39,50H,17-24,26H2,1-3H3,(H2,49,62)(H,51,63)(H,52,58)(H,53,59)(H,54,65)(H,55,66)(H,56,67)(H,57,64)(H,60,61)(H,68,69)/t34-,35-,36-,37+,38-,39-/m0/s1. The minimum absolute atomic E-state index is 0.00479. The largest absolute Gasteiger partial charge is 0.481 e. The zero-order valence-corrected chi connectivity index (χ0v) is 40.9. The van der Waals surface area contributed by atoms with Crippen LogP contribution in [0.3, 0.4) is 0 Å². The summed E-state index contributed by atoms with van der Waals surface area (Å²) in [5.74, 6) is -8.33. The van der Waals surface area contributed by atoms with E-state index in [1.54, 1.807) is 67.2 Å². The number of carboxylic acids is 2. The molecular formula is C48H59N9O12S2. The highest BCUT2D eigenvalue weighted by atomic mass is 32.2. The Morgan fingerprint density at radius 1 is 0.577 bits per heavy atom. The van der Waals surface area contributed by atoms with Crippen LogP contribution in [0.2, 0.25) is 0 Å². The molecule has 0 aliphatic rings. The van der Waals surface area contributed by atoms with Crippen LogP contribution in [0.4, 0.5) is 0 Å². The fourth-order valence-electron chi connectivity index (χ4n) is 7.29.